The molecule has 4 heteroatoms. The molecule has 1 aliphatic carbocycles. The van der Waals surface area contributed by atoms with E-state index in [-0.39, 0.29) is 11.6 Å². The molecule has 0 saturated heterocycles. The summed E-state index contributed by atoms with van der Waals surface area (Å²) in [5, 5.41) is 0. The first-order chi connectivity index (χ1) is 10.2. The molecule has 0 fully saturated rings. The fourth-order valence-electron chi connectivity index (χ4n) is 2.64. The van der Waals surface area contributed by atoms with E-state index in [4.69, 9.17) is 9.47 Å². The van der Waals surface area contributed by atoms with Crippen molar-refractivity contribution in [3.63, 3.8) is 0 Å². The summed E-state index contributed by atoms with van der Waals surface area (Å²) in [5.74, 6) is -0.0509. The van der Waals surface area contributed by atoms with Gasteiger partial charge < -0.3 is 9.47 Å². The van der Waals surface area contributed by atoms with Gasteiger partial charge in [0.15, 0.2) is 11.6 Å². The van der Waals surface area contributed by atoms with Gasteiger partial charge in [-0.25, -0.2) is 0 Å². The van der Waals surface area contributed by atoms with Gasteiger partial charge in [-0.2, -0.15) is 0 Å². The van der Waals surface area contributed by atoms with Crippen molar-refractivity contribution in [1.29, 1.82) is 0 Å². The van der Waals surface area contributed by atoms with Crippen LogP contribution in [0.1, 0.15) is 32.2 Å². The molecule has 0 heterocycles. The van der Waals surface area contributed by atoms with Crippen LogP contribution in [0.5, 0.6) is 11.5 Å². The molecule has 0 N–H and O–H groups in total. The van der Waals surface area contributed by atoms with Crippen molar-refractivity contribution in [3.05, 3.63) is 59.2 Å². The van der Waals surface area contributed by atoms with Crippen LogP contribution >= 0.6 is 0 Å². The van der Waals surface area contributed by atoms with Gasteiger partial charge in [0.1, 0.15) is 17.4 Å². The number of rotatable bonds is 3. The lowest BCUT2D eigenvalue weighted by Crippen LogP contribution is -2.13. The van der Waals surface area contributed by atoms with Gasteiger partial charge in [0.05, 0.1) is 14.2 Å². The van der Waals surface area contributed by atoms with Crippen molar-refractivity contribution in [2.45, 2.75) is 5.92 Å². The second kappa shape index (κ2) is 5.05. The Balaban J connectivity index is 2.10. The van der Waals surface area contributed by atoms with E-state index in [1.165, 1.54) is 14.2 Å². The quantitative estimate of drug-likeness (QED) is 0.812. The highest BCUT2D eigenvalue weighted by molar-refractivity contribution is 6.29. The zero-order valence-electron chi connectivity index (χ0n) is 11.8. The van der Waals surface area contributed by atoms with Crippen LogP contribution in [0.2, 0.25) is 0 Å². The van der Waals surface area contributed by atoms with E-state index in [1.54, 1.807) is 42.5 Å². The summed E-state index contributed by atoms with van der Waals surface area (Å²) in [6.45, 7) is 0. The van der Waals surface area contributed by atoms with E-state index in [0.29, 0.717) is 28.2 Å². The van der Waals surface area contributed by atoms with Crippen LogP contribution in [-0.4, -0.2) is 25.8 Å². The molecule has 0 bridgehead atoms. The Morgan fingerprint density at radius 2 is 1.29 bits per heavy atom. The number of carbonyl (C=O) groups is 2. The van der Waals surface area contributed by atoms with Gasteiger partial charge in [-0.15, -0.1) is 0 Å². The third-order valence-corrected chi connectivity index (χ3v) is 3.69. The molecule has 0 radical (unpaired) electrons. The average Bonchev–Trinajstić information content (AvgIpc) is 2.78. The van der Waals surface area contributed by atoms with Crippen LogP contribution in [0, 0.1) is 0 Å². The molecule has 106 valence electrons. The molecular formula is C17H14O4. The predicted octanol–water partition coefficient (Wildman–Crippen LogP) is 2.87. The Bertz CT molecular complexity index is 676. The van der Waals surface area contributed by atoms with Gasteiger partial charge in [-0.3, -0.25) is 9.59 Å². The van der Waals surface area contributed by atoms with E-state index in [2.05, 4.69) is 0 Å². The van der Waals surface area contributed by atoms with Crippen molar-refractivity contribution in [2.24, 2.45) is 0 Å². The first-order valence-electron chi connectivity index (χ1n) is 6.56. The molecule has 0 amide bonds. The lowest BCUT2D eigenvalue weighted by Gasteiger charge is -2.11. The van der Waals surface area contributed by atoms with Crippen LogP contribution in [0.25, 0.3) is 0 Å². The summed E-state index contributed by atoms with van der Waals surface area (Å²) in [7, 11) is 3.07. The molecule has 0 atom stereocenters. The number of hydrogen-bond acceptors (Lipinski definition) is 4. The molecule has 0 unspecified atom stereocenters. The minimum atomic E-state index is -0.814. The topological polar surface area (TPSA) is 52.6 Å². The van der Waals surface area contributed by atoms with Gasteiger partial charge >= 0.3 is 0 Å². The second-order valence-corrected chi connectivity index (χ2v) is 4.85. The van der Waals surface area contributed by atoms with E-state index in [0.717, 1.165) is 0 Å². The van der Waals surface area contributed by atoms with Crippen molar-refractivity contribution in [1.82, 2.24) is 0 Å². The first kappa shape index (κ1) is 13.4. The number of ketones is 2. The van der Waals surface area contributed by atoms with Crippen molar-refractivity contribution < 1.29 is 19.1 Å². The smallest absolute Gasteiger partial charge is 0.178 e. The normalized spacial score (nSPS) is 14.2. The Morgan fingerprint density at radius 1 is 0.810 bits per heavy atom. The number of carbonyl (C=O) groups excluding carboxylic acids is 2. The molecule has 0 aliphatic heterocycles. The average molecular weight is 282 g/mol. The highest BCUT2D eigenvalue weighted by atomic mass is 16.5. The van der Waals surface area contributed by atoms with Crippen LogP contribution in [0.15, 0.2) is 42.5 Å². The molecule has 2 aromatic rings. The number of fused-ring (bicyclic) bond motifs is 1. The Hall–Kier alpha value is -2.62. The molecule has 0 aromatic heterocycles. The standard InChI is InChI=1S/C17H14O4/c1-20-11-7-10(8-12(9-11)21-2)15-16(18)13-5-3-4-6-14(13)17(15)19/h3-9,15H,1-2H3. The van der Waals surface area contributed by atoms with E-state index < -0.39 is 5.92 Å². The molecule has 21 heavy (non-hydrogen) atoms. The van der Waals surface area contributed by atoms with Gasteiger partial charge in [0.2, 0.25) is 0 Å². The van der Waals surface area contributed by atoms with E-state index >= 15 is 0 Å². The van der Waals surface area contributed by atoms with E-state index in [9.17, 15) is 9.59 Å². The highest BCUT2D eigenvalue weighted by Crippen LogP contribution is 2.36. The van der Waals surface area contributed by atoms with Crippen molar-refractivity contribution in [2.75, 3.05) is 14.2 Å². The molecule has 2 aromatic carbocycles. The van der Waals surface area contributed by atoms with Crippen molar-refractivity contribution in [3.8, 4) is 11.5 Å². The monoisotopic (exact) mass is 282 g/mol. The lowest BCUT2D eigenvalue weighted by atomic mass is 9.94. The minimum absolute atomic E-state index is 0.175. The fourth-order valence-corrected chi connectivity index (χ4v) is 2.64. The molecule has 0 saturated carbocycles. The highest BCUT2D eigenvalue weighted by Gasteiger charge is 2.39. The Kier molecular flexibility index (Phi) is 3.22. The maximum absolute atomic E-state index is 12.5. The van der Waals surface area contributed by atoms with Gasteiger partial charge in [0, 0.05) is 17.2 Å². The maximum atomic E-state index is 12.5. The second-order valence-electron chi connectivity index (χ2n) is 4.85. The fraction of sp³-hybridized carbons (Fsp3) is 0.176. The van der Waals surface area contributed by atoms with Gasteiger partial charge in [-0.05, 0) is 17.7 Å². The summed E-state index contributed by atoms with van der Waals surface area (Å²) in [5.41, 5.74) is 1.56. The summed E-state index contributed by atoms with van der Waals surface area (Å²) < 4.78 is 10.4. The van der Waals surface area contributed by atoms with Crippen LogP contribution in [0.4, 0.5) is 0 Å². The van der Waals surface area contributed by atoms with Crippen LogP contribution in [-0.2, 0) is 0 Å². The third-order valence-electron chi connectivity index (χ3n) is 3.69. The molecule has 1 aliphatic rings. The number of ether oxygens (including phenoxy) is 2. The minimum Gasteiger partial charge on any atom is -0.497 e. The maximum Gasteiger partial charge on any atom is 0.178 e. The van der Waals surface area contributed by atoms with Crippen LogP contribution in [0.3, 0.4) is 0 Å². The lowest BCUT2D eigenvalue weighted by molar-refractivity contribution is 0.0890. The largest absolute Gasteiger partial charge is 0.497 e. The summed E-state index contributed by atoms with van der Waals surface area (Å²) >= 11 is 0. The molecule has 3 rings (SSSR count). The van der Waals surface area contributed by atoms with Crippen molar-refractivity contribution >= 4 is 11.6 Å². The predicted molar refractivity (Wildman–Crippen MR) is 77.4 cm³/mol. The zero-order chi connectivity index (χ0) is 15.0. The van der Waals surface area contributed by atoms with Gasteiger partial charge in [0.25, 0.3) is 0 Å². The Labute approximate surface area is 122 Å². The number of Topliss-reactive ketones (excluding diaryl/α,β-unsaturated/α-hetero) is 2. The zero-order valence-corrected chi connectivity index (χ0v) is 11.8. The molecular weight excluding hydrogens is 268 g/mol. The number of hydrogen-bond donors (Lipinski definition) is 0. The summed E-state index contributed by atoms with van der Waals surface area (Å²) in [6, 6.07) is 12.0. The first-order valence-corrected chi connectivity index (χ1v) is 6.56. The third kappa shape index (κ3) is 2.09. The summed E-state index contributed by atoms with van der Waals surface area (Å²) in [4.78, 5) is 25.0. The SMILES string of the molecule is COc1cc(OC)cc(C2C(=O)c3ccccc3C2=O)c1. The summed E-state index contributed by atoms with van der Waals surface area (Å²) in [6.07, 6.45) is 0. The molecule has 4 nitrogen and oxygen atoms in total. The number of methoxy groups -OCH3 is 2. The van der Waals surface area contributed by atoms with Crippen LogP contribution < -0.4 is 9.47 Å². The molecule has 0 spiro atoms. The Morgan fingerprint density at radius 3 is 1.71 bits per heavy atom. The van der Waals surface area contributed by atoms with E-state index in [1.807, 2.05) is 0 Å². The van der Waals surface area contributed by atoms with Gasteiger partial charge in [-0.1, -0.05) is 24.3 Å². The number of benzene rings is 2.